The lowest BCUT2D eigenvalue weighted by atomic mass is 9.81. The van der Waals surface area contributed by atoms with Crippen LogP contribution in [0.25, 0.3) is 0 Å². The minimum absolute atomic E-state index is 0.238. The molecule has 0 heterocycles. The SMILES string of the molecule is ClC1C2Cc3ccccc3C1c1ccccc12. The molecule has 2 aliphatic carbocycles. The Morgan fingerprint density at radius 1 is 0.824 bits per heavy atom. The van der Waals surface area contributed by atoms with E-state index in [2.05, 4.69) is 48.5 Å². The van der Waals surface area contributed by atoms with Gasteiger partial charge in [-0.05, 0) is 28.7 Å². The van der Waals surface area contributed by atoms with Crippen molar-refractivity contribution in [2.45, 2.75) is 23.6 Å². The Bertz CT molecular complexity index is 577. The van der Waals surface area contributed by atoms with Gasteiger partial charge in [0.1, 0.15) is 0 Å². The topological polar surface area (TPSA) is 0 Å². The maximum atomic E-state index is 6.67. The smallest absolute Gasteiger partial charge is 0.0517 e. The molecule has 0 fully saturated rings. The van der Waals surface area contributed by atoms with E-state index in [1.54, 1.807) is 0 Å². The Labute approximate surface area is 106 Å². The normalized spacial score (nSPS) is 28.6. The zero-order valence-electron chi connectivity index (χ0n) is 9.44. The second-order valence-corrected chi connectivity index (χ2v) is 5.56. The molecule has 0 radical (unpaired) electrons. The molecule has 0 saturated heterocycles. The van der Waals surface area contributed by atoms with Crippen LogP contribution < -0.4 is 0 Å². The van der Waals surface area contributed by atoms with E-state index in [0.29, 0.717) is 11.8 Å². The van der Waals surface area contributed by atoms with E-state index in [1.807, 2.05) is 0 Å². The maximum Gasteiger partial charge on any atom is 0.0517 e. The molecule has 2 bridgehead atoms. The summed E-state index contributed by atoms with van der Waals surface area (Å²) in [5, 5.41) is 0.238. The molecule has 0 N–H and O–H groups in total. The highest BCUT2D eigenvalue weighted by Gasteiger charge is 2.44. The van der Waals surface area contributed by atoms with E-state index in [-0.39, 0.29) is 5.38 Å². The predicted molar refractivity (Wildman–Crippen MR) is 70.8 cm³/mol. The highest BCUT2D eigenvalue weighted by atomic mass is 35.5. The minimum Gasteiger partial charge on any atom is -0.121 e. The fourth-order valence-corrected chi connectivity index (χ4v) is 4.03. The third kappa shape index (κ3) is 1.19. The molecule has 84 valence electrons. The second kappa shape index (κ2) is 3.36. The minimum atomic E-state index is 0.238. The number of alkyl halides is 1. The van der Waals surface area contributed by atoms with Crippen molar-refractivity contribution < 1.29 is 0 Å². The van der Waals surface area contributed by atoms with Crippen molar-refractivity contribution in [2.24, 2.45) is 0 Å². The molecule has 2 aliphatic rings. The fraction of sp³-hybridized carbons (Fsp3) is 0.250. The van der Waals surface area contributed by atoms with Crippen LogP contribution in [0.5, 0.6) is 0 Å². The quantitative estimate of drug-likeness (QED) is 0.609. The van der Waals surface area contributed by atoms with E-state index >= 15 is 0 Å². The first kappa shape index (κ1) is 9.73. The number of fused-ring (bicyclic) bond motifs is 7. The highest BCUT2D eigenvalue weighted by molar-refractivity contribution is 6.22. The van der Waals surface area contributed by atoms with E-state index in [4.69, 9.17) is 11.6 Å². The van der Waals surface area contributed by atoms with Crippen molar-refractivity contribution in [3.63, 3.8) is 0 Å². The van der Waals surface area contributed by atoms with Gasteiger partial charge in [-0.2, -0.15) is 0 Å². The van der Waals surface area contributed by atoms with Gasteiger partial charge in [0.2, 0.25) is 0 Å². The second-order valence-electron chi connectivity index (χ2n) is 5.06. The summed E-state index contributed by atoms with van der Waals surface area (Å²) < 4.78 is 0. The van der Waals surface area contributed by atoms with E-state index in [9.17, 15) is 0 Å². The number of benzene rings is 2. The van der Waals surface area contributed by atoms with Crippen LogP contribution in [0.3, 0.4) is 0 Å². The highest BCUT2D eigenvalue weighted by Crippen LogP contribution is 2.53. The van der Waals surface area contributed by atoms with Crippen LogP contribution in [0.4, 0.5) is 0 Å². The molecule has 17 heavy (non-hydrogen) atoms. The van der Waals surface area contributed by atoms with Gasteiger partial charge in [-0.1, -0.05) is 48.5 Å². The van der Waals surface area contributed by atoms with Gasteiger partial charge in [-0.3, -0.25) is 0 Å². The van der Waals surface area contributed by atoms with Gasteiger partial charge in [-0.15, -0.1) is 11.6 Å². The average Bonchev–Trinajstić information content (AvgIpc) is 2.56. The van der Waals surface area contributed by atoms with Gasteiger partial charge in [0.15, 0.2) is 0 Å². The first-order valence-corrected chi connectivity index (χ1v) is 6.60. The van der Waals surface area contributed by atoms with E-state index < -0.39 is 0 Å². The summed E-state index contributed by atoms with van der Waals surface area (Å²) in [5.41, 5.74) is 5.83. The van der Waals surface area contributed by atoms with E-state index in [0.717, 1.165) is 6.42 Å². The molecular weight excluding hydrogens is 228 g/mol. The molecule has 0 nitrogen and oxygen atoms in total. The molecule has 3 unspecified atom stereocenters. The zero-order chi connectivity index (χ0) is 11.4. The molecule has 0 amide bonds. The largest absolute Gasteiger partial charge is 0.121 e. The summed E-state index contributed by atoms with van der Waals surface area (Å²) in [5.74, 6) is 0.913. The molecule has 3 atom stereocenters. The summed E-state index contributed by atoms with van der Waals surface area (Å²) in [6, 6.07) is 17.5. The first-order chi connectivity index (χ1) is 8.36. The summed E-state index contributed by atoms with van der Waals surface area (Å²) in [6.07, 6.45) is 1.10. The van der Waals surface area contributed by atoms with Crippen LogP contribution in [0.1, 0.15) is 34.1 Å². The van der Waals surface area contributed by atoms with Gasteiger partial charge in [0.25, 0.3) is 0 Å². The lowest BCUT2D eigenvalue weighted by molar-refractivity contribution is 0.602. The Balaban J connectivity index is 2.00. The van der Waals surface area contributed by atoms with Crippen LogP contribution in [-0.4, -0.2) is 5.38 Å². The third-order valence-corrected chi connectivity index (χ3v) is 4.82. The molecule has 1 heteroatoms. The summed E-state index contributed by atoms with van der Waals surface area (Å²) >= 11 is 6.67. The number of hydrogen-bond donors (Lipinski definition) is 0. The first-order valence-electron chi connectivity index (χ1n) is 6.17. The Hall–Kier alpha value is -1.27. The molecular formula is C16H13Cl. The zero-order valence-corrected chi connectivity index (χ0v) is 10.2. The number of hydrogen-bond acceptors (Lipinski definition) is 0. The number of rotatable bonds is 0. The Morgan fingerprint density at radius 3 is 2.29 bits per heavy atom. The van der Waals surface area contributed by atoms with Crippen LogP contribution >= 0.6 is 11.6 Å². The summed E-state index contributed by atoms with van der Waals surface area (Å²) in [7, 11) is 0. The average molecular weight is 241 g/mol. The third-order valence-electron chi connectivity index (χ3n) is 4.26. The maximum absolute atomic E-state index is 6.67. The van der Waals surface area contributed by atoms with Crippen molar-refractivity contribution in [1.29, 1.82) is 0 Å². The monoisotopic (exact) mass is 240 g/mol. The van der Waals surface area contributed by atoms with Crippen molar-refractivity contribution in [3.05, 3.63) is 70.8 Å². The lowest BCUT2D eigenvalue weighted by Gasteiger charge is -2.28. The summed E-state index contributed by atoms with van der Waals surface area (Å²) in [6.45, 7) is 0. The van der Waals surface area contributed by atoms with Gasteiger partial charge in [0.05, 0.1) is 5.38 Å². The molecule has 0 aromatic heterocycles. The Morgan fingerprint density at radius 2 is 1.47 bits per heavy atom. The van der Waals surface area contributed by atoms with Gasteiger partial charge in [0, 0.05) is 11.8 Å². The molecule has 2 aromatic rings. The summed E-state index contributed by atoms with van der Waals surface area (Å²) in [4.78, 5) is 0. The van der Waals surface area contributed by atoms with Crippen molar-refractivity contribution in [2.75, 3.05) is 0 Å². The fourth-order valence-electron chi connectivity index (χ4n) is 3.53. The van der Waals surface area contributed by atoms with Gasteiger partial charge < -0.3 is 0 Å². The van der Waals surface area contributed by atoms with Crippen molar-refractivity contribution in [3.8, 4) is 0 Å². The predicted octanol–water partition coefficient (Wildman–Crippen LogP) is 4.08. The Kier molecular flexibility index (Phi) is 1.93. The number of halogens is 1. The van der Waals surface area contributed by atoms with Crippen LogP contribution in [0.2, 0.25) is 0 Å². The standard InChI is InChI=1S/C16H13Cl/c17-16-14-9-10-5-1-2-6-11(10)15(16)13-8-4-3-7-12(13)14/h1-8,14-16H,9H2. The van der Waals surface area contributed by atoms with Crippen LogP contribution in [-0.2, 0) is 6.42 Å². The molecule has 0 saturated carbocycles. The van der Waals surface area contributed by atoms with Gasteiger partial charge in [-0.25, -0.2) is 0 Å². The molecule has 0 spiro atoms. The molecule has 4 rings (SSSR count). The molecule has 2 aromatic carbocycles. The van der Waals surface area contributed by atoms with Crippen LogP contribution in [0, 0.1) is 0 Å². The van der Waals surface area contributed by atoms with Crippen LogP contribution in [0.15, 0.2) is 48.5 Å². The van der Waals surface area contributed by atoms with E-state index in [1.165, 1.54) is 22.3 Å². The van der Waals surface area contributed by atoms with Crippen molar-refractivity contribution >= 4 is 11.6 Å². The van der Waals surface area contributed by atoms with Gasteiger partial charge >= 0.3 is 0 Å². The van der Waals surface area contributed by atoms with Crippen molar-refractivity contribution in [1.82, 2.24) is 0 Å². The lowest BCUT2D eigenvalue weighted by Crippen LogP contribution is -2.22. The molecule has 0 aliphatic heterocycles.